The molecule has 1 spiro atoms. The minimum Gasteiger partial charge on any atom is -0.371 e. The van der Waals surface area contributed by atoms with Crippen LogP contribution < -0.4 is 5.73 Å². The van der Waals surface area contributed by atoms with Crippen LogP contribution in [-0.2, 0) is 11.8 Å². The van der Waals surface area contributed by atoms with Gasteiger partial charge in [-0.1, -0.05) is 24.6 Å². The van der Waals surface area contributed by atoms with Crippen LogP contribution in [0, 0.1) is 0 Å². The van der Waals surface area contributed by atoms with Gasteiger partial charge in [-0.25, -0.2) is 0 Å². The van der Waals surface area contributed by atoms with Gasteiger partial charge in [0.2, 0.25) is 5.95 Å². The first-order chi connectivity index (χ1) is 8.69. The highest BCUT2D eigenvalue weighted by Gasteiger charge is 2.42. The van der Waals surface area contributed by atoms with E-state index < -0.39 is 0 Å². The summed E-state index contributed by atoms with van der Waals surface area (Å²) in [5, 5.41) is 8.80. The minimum atomic E-state index is 0.226. The largest absolute Gasteiger partial charge is 0.371 e. The molecule has 0 aromatic carbocycles. The molecule has 1 saturated carbocycles. The Morgan fingerprint density at radius 2 is 2.17 bits per heavy atom. The second-order valence-electron chi connectivity index (χ2n) is 5.38. The number of nitrogen functional groups attached to an aromatic ring is 1. The van der Waals surface area contributed by atoms with Crippen molar-refractivity contribution >= 4 is 17.7 Å². The summed E-state index contributed by atoms with van der Waals surface area (Å²) in [6.07, 6.45) is 7.96. The van der Waals surface area contributed by atoms with Crippen LogP contribution in [0.1, 0.15) is 38.5 Å². The van der Waals surface area contributed by atoms with Gasteiger partial charge < -0.3 is 10.5 Å². The first kappa shape index (κ1) is 12.3. The number of hydrogen-bond donors (Lipinski definition) is 1. The quantitative estimate of drug-likeness (QED) is 0.849. The van der Waals surface area contributed by atoms with E-state index in [4.69, 9.17) is 10.5 Å². The highest BCUT2D eigenvalue weighted by molar-refractivity contribution is 7.99. The summed E-state index contributed by atoms with van der Waals surface area (Å²) < 4.78 is 8.09. The maximum absolute atomic E-state index is 6.27. The molecule has 100 valence electrons. The van der Waals surface area contributed by atoms with E-state index in [1.807, 2.05) is 11.6 Å². The summed E-state index contributed by atoms with van der Waals surface area (Å²) in [4.78, 5) is 0. The highest BCUT2D eigenvalue weighted by Crippen LogP contribution is 2.44. The molecule has 2 fully saturated rings. The van der Waals surface area contributed by atoms with Crippen molar-refractivity contribution in [1.82, 2.24) is 14.8 Å². The van der Waals surface area contributed by atoms with Crippen molar-refractivity contribution in [3.8, 4) is 0 Å². The Bertz CT molecular complexity index is 428. The zero-order chi connectivity index (χ0) is 12.6. The summed E-state index contributed by atoms with van der Waals surface area (Å²) in [6.45, 7) is 0. The first-order valence-corrected chi connectivity index (χ1v) is 7.63. The van der Waals surface area contributed by atoms with Crippen molar-refractivity contribution in [2.45, 2.75) is 55.4 Å². The van der Waals surface area contributed by atoms with Gasteiger partial charge in [-0.2, -0.15) is 0 Å². The molecule has 0 amide bonds. The lowest BCUT2D eigenvalue weighted by Crippen LogP contribution is -2.25. The summed E-state index contributed by atoms with van der Waals surface area (Å²) >= 11 is 1.69. The third-order valence-corrected chi connectivity index (χ3v) is 5.27. The smallest absolute Gasteiger partial charge is 0.222 e. The SMILES string of the molecule is Cn1c(N)nnc1SCC1CCC2(CCCC2)O1. The van der Waals surface area contributed by atoms with Gasteiger partial charge in [-0.15, -0.1) is 10.2 Å². The molecule has 18 heavy (non-hydrogen) atoms. The molecule has 1 unspecified atom stereocenters. The van der Waals surface area contributed by atoms with Crippen molar-refractivity contribution in [2.24, 2.45) is 7.05 Å². The van der Waals surface area contributed by atoms with Gasteiger partial charge in [0, 0.05) is 12.8 Å². The van der Waals surface area contributed by atoms with Crippen LogP contribution in [0.25, 0.3) is 0 Å². The topological polar surface area (TPSA) is 66.0 Å². The lowest BCUT2D eigenvalue weighted by Gasteiger charge is -2.23. The number of hydrogen-bond acceptors (Lipinski definition) is 5. The Labute approximate surface area is 111 Å². The summed E-state index contributed by atoms with van der Waals surface area (Å²) in [5.41, 5.74) is 5.89. The van der Waals surface area contributed by atoms with E-state index in [9.17, 15) is 0 Å². The zero-order valence-corrected chi connectivity index (χ0v) is 11.6. The van der Waals surface area contributed by atoms with E-state index in [0.717, 1.165) is 10.9 Å². The van der Waals surface area contributed by atoms with E-state index in [2.05, 4.69) is 10.2 Å². The normalized spacial score (nSPS) is 26.2. The fraction of sp³-hybridized carbons (Fsp3) is 0.833. The molecule has 1 aliphatic heterocycles. The number of anilines is 1. The van der Waals surface area contributed by atoms with Crippen LogP contribution in [-0.4, -0.2) is 32.2 Å². The molecule has 2 heterocycles. The van der Waals surface area contributed by atoms with Crippen molar-refractivity contribution in [2.75, 3.05) is 11.5 Å². The standard InChI is InChI=1S/C12H20N4OS/c1-16-10(13)14-15-11(16)18-8-9-4-7-12(17-9)5-2-3-6-12/h9H,2-8H2,1H3,(H2,13,14). The summed E-state index contributed by atoms with van der Waals surface area (Å²) in [7, 11) is 1.89. The molecule has 1 atom stereocenters. The monoisotopic (exact) mass is 268 g/mol. The maximum atomic E-state index is 6.27. The van der Waals surface area contributed by atoms with Gasteiger partial charge in [0.05, 0.1) is 11.7 Å². The van der Waals surface area contributed by atoms with Crippen LogP contribution in [0.4, 0.5) is 5.95 Å². The number of ether oxygens (including phenoxy) is 1. The molecule has 3 rings (SSSR count). The Morgan fingerprint density at radius 3 is 2.83 bits per heavy atom. The fourth-order valence-corrected chi connectivity index (χ4v) is 3.97. The third kappa shape index (κ3) is 2.23. The fourth-order valence-electron chi connectivity index (χ4n) is 3.02. The molecule has 1 aromatic rings. The van der Waals surface area contributed by atoms with Gasteiger partial charge in [-0.3, -0.25) is 4.57 Å². The molecule has 1 aromatic heterocycles. The molecular weight excluding hydrogens is 248 g/mol. The van der Waals surface area contributed by atoms with Crippen molar-refractivity contribution in [3.63, 3.8) is 0 Å². The zero-order valence-electron chi connectivity index (χ0n) is 10.8. The number of thioether (sulfide) groups is 1. The molecule has 2 aliphatic rings. The van der Waals surface area contributed by atoms with Crippen molar-refractivity contribution < 1.29 is 4.74 Å². The lowest BCUT2D eigenvalue weighted by molar-refractivity contribution is -0.0267. The van der Waals surface area contributed by atoms with Gasteiger partial charge >= 0.3 is 0 Å². The number of aromatic nitrogens is 3. The molecule has 0 radical (unpaired) electrons. The van der Waals surface area contributed by atoms with Crippen LogP contribution in [0.15, 0.2) is 5.16 Å². The van der Waals surface area contributed by atoms with Crippen LogP contribution in [0.2, 0.25) is 0 Å². The van der Waals surface area contributed by atoms with E-state index in [-0.39, 0.29) is 5.60 Å². The summed E-state index contributed by atoms with van der Waals surface area (Å²) in [5.74, 6) is 1.42. The second-order valence-corrected chi connectivity index (χ2v) is 6.37. The maximum Gasteiger partial charge on any atom is 0.222 e. The average Bonchev–Trinajstić information content (AvgIpc) is 3.05. The summed E-state index contributed by atoms with van der Waals surface area (Å²) in [6, 6.07) is 0. The Balaban J connectivity index is 1.54. The second kappa shape index (κ2) is 4.74. The van der Waals surface area contributed by atoms with Crippen molar-refractivity contribution in [3.05, 3.63) is 0 Å². The van der Waals surface area contributed by atoms with E-state index in [1.54, 1.807) is 11.8 Å². The molecule has 1 aliphatic carbocycles. The van der Waals surface area contributed by atoms with Crippen LogP contribution in [0.3, 0.4) is 0 Å². The number of nitrogens with zero attached hydrogens (tertiary/aromatic N) is 3. The van der Waals surface area contributed by atoms with E-state index >= 15 is 0 Å². The molecule has 0 bridgehead atoms. The molecule has 2 N–H and O–H groups in total. The first-order valence-electron chi connectivity index (χ1n) is 6.64. The number of nitrogens with two attached hydrogens (primary N) is 1. The Morgan fingerprint density at radius 1 is 1.39 bits per heavy atom. The number of rotatable bonds is 3. The molecule has 5 nitrogen and oxygen atoms in total. The average molecular weight is 268 g/mol. The molecule has 1 saturated heterocycles. The predicted octanol–water partition coefficient (Wildman–Crippen LogP) is 1.98. The Hall–Kier alpha value is -0.750. The molecular formula is C12H20N4OS. The van der Waals surface area contributed by atoms with Gasteiger partial charge in [-0.05, 0) is 25.7 Å². The van der Waals surface area contributed by atoms with E-state index in [0.29, 0.717) is 12.1 Å². The highest BCUT2D eigenvalue weighted by atomic mass is 32.2. The minimum absolute atomic E-state index is 0.226. The Kier molecular flexibility index (Phi) is 3.23. The van der Waals surface area contributed by atoms with Crippen LogP contribution in [0.5, 0.6) is 0 Å². The van der Waals surface area contributed by atoms with Gasteiger partial charge in [0.15, 0.2) is 5.16 Å². The molecule has 6 heteroatoms. The van der Waals surface area contributed by atoms with Crippen LogP contribution >= 0.6 is 11.8 Å². The van der Waals surface area contributed by atoms with Gasteiger partial charge in [0.1, 0.15) is 0 Å². The third-order valence-electron chi connectivity index (χ3n) is 4.12. The lowest BCUT2D eigenvalue weighted by atomic mass is 9.98. The van der Waals surface area contributed by atoms with E-state index in [1.165, 1.54) is 38.5 Å². The van der Waals surface area contributed by atoms with Gasteiger partial charge in [0.25, 0.3) is 0 Å². The van der Waals surface area contributed by atoms with Crippen molar-refractivity contribution in [1.29, 1.82) is 0 Å². The predicted molar refractivity (Wildman–Crippen MR) is 71.4 cm³/mol.